The van der Waals surface area contributed by atoms with Crippen molar-refractivity contribution < 1.29 is 0 Å². The van der Waals surface area contributed by atoms with Crippen LogP contribution in [0.5, 0.6) is 0 Å². The van der Waals surface area contributed by atoms with Gasteiger partial charge in [0, 0.05) is 18.4 Å². The second-order valence-corrected chi connectivity index (χ2v) is 4.69. The largest absolute Gasteiger partial charge is 0.310 e. The molecule has 1 heterocycles. The second kappa shape index (κ2) is 5.91. The van der Waals surface area contributed by atoms with Gasteiger partial charge in [0.15, 0.2) is 0 Å². The van der Waals surface area contributed by atoms with Crippen molar-refractivity contribution in [2.75, 3.05) is 6.54 Å². The highest BCUT2D eigenvalue weighted by molar-refractivity contribution is 5.78. The van der Waals surface area contributed by atoms with E-state index in [2.05, 4.69) is 48.2 Å². The van der Waals surface area contributed by atoms with E-state index in [4.69, 9.17) is 0 Å². The molecule has 2 unspecified atom stereocenters. The van der Waals surface area contributed by atoms with Gasteiger partial charge in [-0.1, -0.05) is 39.3 Å². The molecular formula is C15H21N3. The fourth-order valence-electron chi connectivity index (χ4n) is 2.34. The summed E-state index contributed by atoms with van der Waals surface area (Å²) in [7, 11) is 0. The summed E-state index contributed by atoms with van der Waals surface area (Å²) >= 11 is 0. The predicted molar refractivity (Wildman–Crippen MR) is 75.4 cm³/mol. The van der Waals surface area contributed by atoms with Crippen LogP contribution in [-0.2, 0) is 0 Å². The molecule has 0 fully saturated rings. The standard InChI is InChI=1S/C15H21N3/c1-4-11(3)14(16-5-2)12-7-6-8-13-15(12)18-10-9-17-13/h6-11,14,16H,4-5H2,1-3H3. The fraction of sp³-hybridized carbons (Fsp3) is 0.467. The van der Waals surface area contributed by atoms with Crippen molar-refractivity contribution in [3.63, 3.8) is 0 Å². The third-order valence-corrected chi connectivity index (χ3v) is 3.50. The highest BCUT2D eigenvalue weighted by Gasteiger charge is 2.19. The van der Waals surface area contributed by atoms with Gasteiger partial charge in [-0.05, 0) is 24.1 Å². The number of hydrogen-bond donors (Lipinski definition) is 1. The summed E-state index contributed by atoms with van der Waals surface area (Å²) in [5, 5.41) is 3.57. The number of rotatable bonds is 5. The molecule has 1 N–H and O–H groups in total. The first-order valence-electron chi connectivity index (χ1n) is 6.71. The van der Waals surface area contributed by atoms with E-state index < -0.39 is 0 Å². The number of hydrogen-bond acceptors (Lipinski definition) is 3. The third kappa shape index (κ3) is 2.51. The van der Waals surface area contributed by atoms with Gasteiger partial charge in [0.2, 0.25) is 0 Å². The monoisotopic (exact) mass is 243 g/mol. The SMILES string of the molecule is CCNC(c1cccc2nccnc12)C(C)CC. The van der Waals surface area contributed by atoms with Crippen LogP contribution >= 0.6 is 0 Å². The summed E-state index contributed by atoms with van der Waals surface area (Å²) in [6.07, 6.45) is 4.66. The zero-order chi connectivity index (χ0) is 13.0. The van der Waals surface area contributed by atoms with E-state index in [1.807, 2.05) is 6.07 Å². The number of benzene rings is 1. The van der Waals surface area contributed by atoms with E-state index in [0.29, 0.717) is 12.0 Å². The Morgan fingerprint density at radius 2 is 1.94 bits per heavy atom. The average molecular weight is 243 g/mol. The van der Waals surface area contributed by atoms with Gasteiger partial charge < -0.3 is 5.32 Å². The number of para-hydroxylation sites is 1. The molecular weight excluding hydrogens is 222 g/mol. The van der Waals surface area contributed by atoms with E-state index in [1.54, 1.807) is 12.4 Å². The Labute approximate surface area is 109 Å². The first-order valence-corrected chi connectivity index (χ1v) is 6.71. The summed E-state index contributed by atoms with van der Waals surface area (Å²) < 4.78 is 0. The number of nitrogens with one attached hydrogen (secondary N) is 1. The Balaban J connectivity index is 2.49. The molecule has 96 valence electrons. The Kier molecular flexibility index (Phi) is 4.26. The molecule has 0 amide bonds. The zero-order valence-corrected chi connectivity index (χ0v) is 11.4. The van der Waals surface area contributed by atoms with Gasteiger partial charge in [0.1, 0.15) is 0 Å². The molecule has 0 saturated heterocycles. The van der Waals surface area contributed by atoms with Gasteiger partial charge >= 0.3 is 0 Å². The maximum Gasteiger partial charge on any atom is 0.0934 e. The minimum absolute atomic E-state index is 0.348. The van der Waals surface area contributed by atoms with E-state index in [9.17, 15) is 0 Å². The summed E-state index contributed by atoms with van der Waals surface area (Å²) in [5.41, 5.74) is 3.25. The van der Waals surface area contributed by atoms with Gasteiger partial charge in [0.25, 0.3) is 0 Å². The second-order valence-electron chi connectivity index (χ2n) is 4.69. The number of fused-ring (bicyclic) bond motifs is 1. The van der Waals surface area contributed by atoms with Crippen molar-refractivity contribution in [2.24, 2.45) is 5.92 Å². The first kappa shape index (κ1) is 13.0. The lowest BCUT2D eigenvalue weighted by atomic mass is 9.91. The van der Waals surface area contributed by atoms with Crippen LogP contribution in [0.2, 0.25) is 0 Å². The number of nitrogens with zero attached hydrogens (tertiary/aromatic N) is 2. The van der Waals surface area contributed by atoms with E-state index >= 15 is 0 Å². The van der Waals surface area contributed by atoms with Crippen molar-refractivity contribution >= 4 is 11.0 Å². The molecule has 1 aromatic carbocycles. The van der Waals surface area contributed by atoms with Gasteiger partial charge in [-0.2, -0.15) is 0 Å². The van der Waals surface area contributed by atoms with Gasteiger partial charge in [-0.25, -0.2) is 0 Å². The van der Waals surface area contributed by atoms with E-state index in [0.717, 1.165) is 24.0 Å². The molecule has 2 rings (SSSR count). The van der Waals surface area contributed by atoms with Crippen LogP contribution < -0.4 is 5.32 Å². The Morgan fingerprint density at radius 3 is 2.67 bits per heavy atom. The molecule has 0 bridgehead atoms. The van der Waals surface area contributed by atoms with Crippen LogP contribution in [0.1, 0.15) is 38.8 Å². The smallest absolute Gasteiger partial charge is 0.0934 e. The lowest BCUT2D eigenvalue weighted by Gasteiger charge is -2.25. The van der Waals surface area contributed by atoms with Crippen molar-refractivity contribution in [3.8, 4) is 0 Å². The highest BCUT2D eigenvalue weighted by Crippen LogP contribution is 2.28. The minimum Gasteiger partial charge on any atom is -0.310 e. The van der Waals surface area contributed by atoms with Crippen LogP contribution in [-0.4, -0.2) is 16.5 Å². The summed E-state index contributed by atoms with van der Waals surface area (Å²) in [4.78, 5) is 8.88. The Bertz CT molecular complexity index is 505. The maximum absolute atomic E-state index is 4.50. The molecule has 2 atom stereocenters. The lowest BCUT2D eigenvalue weighted by Crippen LogP contribution is -2.26. The lowest BCUT2D eigenvalue weighted by molar-refractivity contribution is 0.385. The Hall–Kier alpha value is -1.48. The summed E-state index contributed by atoms with van der Waals surface area (Å²) in [6, 6.07) is 6.60. The van der Waals surface area contributed by atoms with Crippen molar-refractivity contribution in [1.29, 1.82) is 0 Å². The molecule has 0 aliphatic heterocycles. The van der Waals surface area contributed by atoms with Gasteiger partial charge in [0.05, 0.1) is 11.0 Å². The Morgan fingerprint density at radius 1 is 1.17 bits per heavy atom. The van der Waals surface area contributed by atoms with E-state index in [-0.39, 0.29) is 0 Å². The minimum atomic E-state index is 0.348. The molecule has 0 aliphatic rings. The summed E-state index contributed by atoms with van der Waals surface area (Å²) in [6.45, 7) is 7.62. The molecule has 0 spiro atoms. The molecule has 2 aromatic rings. The third-order valence-electron chi connectivity index (χ3n) is 3.50. The first-order chi connectivity index (χ1) is 8.77. The van der Waals surface area contributed by atoms with Crippen molar-refractivity contribution in [1.82, 2.24) is 15.3 Å². The van der Waals surface area contributed by atoms with Crippen LogP contribution in [0.15, 0.2) is 30.6 Å². The highest BCUT2D eigenvalue weighted by atomic mass is 14.9. The molecule has 1 aromatic heterocycles. The van der Waals surface area contributed by atoms with Crippen LogP contribution in [0, 0.1) is 5.92 Å². The van der Waals surface area contributed by atoms with Crippen molar-refractivity contribution in [2.45, 2.75) is 33.2 Å². The predicted octanol–water partition coefficient (Wildman–Crippen LogP) is 3.33. The quantitative estimate of drug-likeness (QED) is 0.875. The molecule has 0 saturated carbocycles. The fourth-order valence-corrected chi connectivity index (χ4v) is 2.34. The molecule has 18 heavy (non-hydrogen) atoms. The summed E-state index contributed by atoms with van der Waals surface area (Å²) in [5.74, 6) is 0.581. The zero-order valence-electron chi connectivity index (χ0n) is 11.4. The molecule has 0 radical (unpaired) electrons. The van der Waals surface area contributed by atoms with Gasteiger partial charge in [-0.15, -0.1) is 0 Å². The van der Waals surface area contributed by atoms with Crippen LogP contribution in [0.4, 0.5) is 0 Å². The van der Waals surface area contributed by atoms with Gasteiger partial charge in [-0.3, -0.25) is 9.97 Å². The molecule has 0 aliphatic carbocycles. The normalized spacial score (nSPS) is 14.6. The van der Waals surface area contributed by atoms with Crippen LogP contribution in [0.3, 0.4) is 0 Å². The topological polar surface area (TPSA) is 37.8 Å². The van der Waals surface area contributed by atoms with E-state index in [1.165, 1.54) is 5.56 Å². The van der Waals surface area contributed by atoms with Crippen LogP contribution in [0.25, 0.3) is 11.0 Å². The van der Waals surface area contributed by atoms with Crippen molar-refractivity contribution in [3.05, 3.63) is 36.2 Å². The maximum atomic E-state index is 4.50. The number of aromatic nitrogens is 2. The molecule has 3 nitrogen and oxygen atoms in total. The average Bonchev–Trinajstić information content (AvgIpc) is 2.43. The molecule has 3 heteroatoms.